The van der Waals surface area contributed by atoms with E-state index in [1.54, 1.807) is 24.1 Å². The summed E-state index contributed by atoms with van der Waals surface area (Å²) in [5, 5.41) is 2.81. The normalized spacial score (nSPS) is 10.1. The smallest absolute Gasteiger partial charge is 0.226 e. The number of nitrogens with one attached hydrogen (secondary N) is 1. The van der Waals surface area contributed by atoms with Crippen LogP contribution in [0.15, 0.2) is 48.5 Å². The summed E-state index contributed by atoms with van der Waals surface area (Å²) < 4.78 is 10.6. The molecule has 0 heterocycles. The lowest BCUT2D eigenvalue weighted by Gasteiger charge is -2.21. The predicted octanol–water partition coefficient (Wildman–Crippen LogP) is 3.48. The van der Waals surface area contributed by atoms with Crippen LogP contribution in [0, 0.1) is 0 Å². The van der Waals surface area contributed by atoms with Gasteiger partial charge in [-0.25, -0.2) is 0 Å². The van der Waals surface area contributed by atoms with Crippen LogP contribution in [0.25, 0.3) is 0 Å². The van der Waals surface area contributed by atoms with E-state index in [-0.39, 0.29) is 24.8 Å². The van der Waals surface area contributed by atoms with E-state index in [1.165, 1.54) is 6.92 Å². The molecule has 0 aliphatic heterocycles. The van der Waals surface area contributed by atoms with Crippen molar-refractivity contribution in [1.29, 1.82) is 0 Å². The van der Waals surface area contributed by atoms with Crippen molar-refractivity contribution < 1.29 is 19.1 Å². The summed E-state index contributed by atoms with van der Waals surface area (Å²) in [6.45, 7) is 4.26. The monoisotopic (exact) mass is 356 g/mol. The number of ether oxygens (including phenoxy) is 2. The van der Waals surface area contributed by atoms with Gasteiger partial charge in [-0.2, -0.15) is 0 Å². The lowest BCUT2D eigenvalue weighted by molar-refractivity contribution is -0.117. The Morgan fingerprint density at radius 3 is 2.38 bits per heavy atom. The largest absolute Gasteiger partial charge is 0.495 e. The van der Waals surface area contributed by atoms with Gasteiger partial charge < -0.3 is 19.7 Å². The van der Waals surface area contributed by atoms with Crippen LogP contribution in [-0.2, 0) is 9.59 Å². The molecule has 0 atom stereocenters. The molecule has 138 valence electrons. The number of hydrogen-bond acceptors (Lipinski definition) is 4. The number of nitrogens with zero attached hydrogens (tertiary/aromatic N) is 1. The number of para-hydroxylation sites is 2. The minimum absolute atomic E-state index is 0.126. The summed E-state index contributed by atoms with van der Waals surface area (Å²) in [5.74, 6) is 1.02. The number of anilines is 2. The average Bonchev–Trinajstić information content (AvgIpc) is 2.63. The summed E-state index contributed by atoms with van der Waals surface area (Å²) in [4.78, 5) is 25.8. The van der Waals surface area contributed by atoms with E-state index in [2.05, 4.69) is 5.32 Å². The molecule has 2 aromatic carbocycles. The summed E-state index contributed by atoms with van der Waals surface area (Å²) in [6, 6.07) is 14.4. The van der Waals surface area contributed by atoms with Gasteiger partial charge >= 0.3 is 0 Å². The molecule has 0 radical (unpaired) electrons. The molecule has 2 rings (SSSR count). The Morgan fingerprint density at radius 2 is 1.77 bits per heavy atom. The van der Waals surface area contributed by atoms with Gasteiger partial charge in [-0.1, -0.05) is 12.1 Å². The number of methoxy groups -OCH3 is 1. The van der Waals surface area contributed by atoms with E-state index >= 15 is 0 Å². The molecule has 2 amide bonds. The van der Waals surface area contributed by atoms with E-state index in [4.69, 9.17) is 9.47 Å². The molecule has 0 aliphatic rings. The molecule has 0 saturated carbocycles. The molecule has 1 N–H and O–H groups in total. The molecular formula is C20H24N2O4. The lowest BCUT2D eigenvalue weighted by Crippen LogP contribution is -2.31. The fourth-order valence-electron chi connectivity index (χ4n) is 2.53. The van der Waals surface area contributed by atoms with Crippen molar-refractivity contribution in [3.63, 3.8) is 0 Å². The van der Waals surface area contributed by atoms with Crippen LogP contribution in [0.2, 0.25) is 0 Å². The molecule has 0 saturated heterocycles. The van der Waals surface area contributed by atoms with Crippen LogP contribution < -0.4 is 19.7 Å². The first-order valence-corrected chi connectivity index (χ1v) is 8.49. The second-order valence-electron chi connectivity index (χ2n) is 5.60. The Morgan fingerprint density at radius 1 is 1.08 bits per heavy atom. The van der Waals surface area contributed by atoms with Crippen molar-refractivity contribution >= 4 is 23.2 Å². The molecule has 6 heteroatoms. The molecular weight excluding hydrogens is 332 g/mol. The minimum atomic E-state index is -0.188. The van der Waals surface area contributed by atoms with Crippen LogP contribution in [0.4, 0.5) is 11.4 Å². The Labute approximate surface area is 153 Å². The molecule has 0 aliphatic carbocycles. The fraction of sp³-hybridized carbons (Fsp3) is 0.300. The average molecular weight is 356 g/mol. The van der Waals surface area contributed by atoms with Gasteiger partial charge in [0.15, 0.2) is 0 Å². The van der Waals surface area contributed by atoms with Gasteiger partial charge in [-0.3, -0.25) is 9.59 Å². The Bertz CT molecular complexity index is 744. The number of amides is 2. The molecule has 6 nitrogen and oxygen atoms in total. The first-order valence-electron chi connectivity index (χ1n) is 8.49. The number of carbonyl (C=O) groups excluding carboxylic acids is 2. The van der Waals surface area contributed by atoms with Crippen molar-refractivity contribution in [3.8, 4) is 11.5 Å². The third kappa shape index (κ3) is 5.24. The van der Waals surface area contributed by atoms with Crippen molar-refractivity contribution in [2.45, 2.75) is 20.3 Å². The highest BCUT2D eigenvalue weighted by molar-refractivity contribution is 5.95. The Hall–Kier alpha value is -3.02. The van der Waals surface area contributed by atoms with Gasteiger partial charge in [-0.15, -0.1) is 0 Å². The van der Waals surface area contributed by atoms with Gasteiger partial charge in [0.05, 0.1) is 19.4 Å². The second kappa shape index (κ2) is 9.46. The van der Waals surface area contributed by atoms with E-state index in [0.717, 1.165) is 11.4 Å². The molecule has 0 bridgehead atoms. The van der Waals surface area contributed by atoms with Crippen LogP contribution in [0.1, 0.15) is 20.3 Å². The van der Waals surface area contributed by atoms with Crippen molar-refractivity contribution in [2.24, 2.45) is 0 Å². The van der Waals surface area contributed by atoms with Gasteiger partial charge in [-0.05, 0) is 43.3 Å². The van der Waals surface area contributed by atoms with Crippen molar-refractivity contribution in [3.05, 3.63) is 48.5 Å². The standard InChI is InChI=1S/C20H24N2O4/c1-4-26-17-11-9-16(10-12-17)22(15(2)23)14-13-20(24)21-18-7-5-6-8-19(18)25-3/h5-12H,4,13-14H2,1-3H3,(H,21,24). The zero-order chi connectivity index (χ0) is 18.9. The molecule has 0 aromatic heterocycles. The fourth-order valence-corrected chi connectivity index (χ4v) is 2.53. The Balaban J connectivity index is 1.99. The zero-order valence-corrected chi connectivity index (χ0v) is 15.3. The second-order valence-corrected chi connectivity index (χ2v) is 5.60. The first-order chi connectivity index (χ1) is 12.5. The van der Waals surface area contributed by atoms with E-state index < -0.39 is 0 Å². The quantitative estimate of drug-likeness (QED) is 0.786. The van der Waals surface area contributed by atoms with Gasteiger partial charge in [0.1, 0.15) is 11.5 Å². The maximum absolute atomic E-state index is 12.3. The van der Waals surface area contributed by atoms with Gasteiger partial charge in [0, 0.05) is 25.6 Å². The van der Waals surface area contributed by atoms with E-state index in [1.807, 2.05) is 43.3 Å². The number of hydrogen-bond donors (Lipinski definition) is 1. The van der Waals surface area contributed by atoms with Crippen LogP contribution in [0.3, 0.4) is 0 Å². The van der Waals surface area contributed by atoms with Crippen LogP contribution >= 0.6 is 0 Å². The third-order valence-electron chi connectivity index (χ3n) is 3.78. The summed E-state index contributed by atoms with van der Waals surface area (Å²) >= 11 is 0. The summed E-state index contributed by atoms with van der Waals surface area (Å²) in [6.07, 6.45) is 0.171. The van der Waals surface area contributed by atoms with E-state index in [0.29, 0.717) is 18.0 Å². The van der Waals surface area contributed by atoms with Crippen LogP contribution in [-0.4, -0.2) is 32.1 Å². The predicted molar refractivity (Wildman–Crippen MR) is 102 cm³/mol. The summed E-state index contributed by atoms with van der Waals surface area (Å²) in [7, 11) is 1.55. The molecule has 26 heavy (non-hydrogen) atoms. The van der Waals surface area contributed by atoms with Gasteiger partial charge in [0.2, 0.25) is 11.8 Å². The topological polar surface area (TPSA) is 67.9 Å². The summed E-state index contributed by atoms with van der Waals surface area (Å²) in [5.41, 5.74) is 1.33. The molecule has 2 aromatic rings. The molecule has 0 unspecified atom stereocenters. The van der Waals surface area contributed by atoms with Crippen molar-refractivity contribution in [1.82, 2.24) is 0 Å². The highest BCUT2D eigenvalue weighted by Crippen LogP contribution is 2.23. The third-order valence-corrected chi connectivity index (χ3v) is 3.78. The number of carbonyl (C=O) groups is 2. The molecule has 0 spiro atoms. The maximum atomic E-state index is 12.3. The zero-order valence-electron chi connectivity index (χ0n) is 15.3. The first kappa shape index (κ1) is 19.3. The van der Waals surface area contributed by atoms with Crippen LogP contribution in [0.5, 0.6) is 11.5 Å². The highest BCUT2D eigenvalue weighted by atomic mass is 16.5. The maximum Gasteiger partial charge on any atom is 0.226 e. The van der Waals surface area contributed by atoms with E-state index in [9.17, 15) is 9.59 Å². The van der Waals surface area contributed by atoms with Crippen molar-refractivity contribution in [2.75, 3.05) is 30.5 Å². The lowest BCUT2D eigenvalue weighted by atomic mass is 10.2. The minimum Gasteiger partial charge on any atom is -0.495 e. The highest BCUT2D eigenvalue weighted by Gasteiger charge is 2.14. The SMILES string of the molecule is CCOc1ccc(N(CCC(=O)Nc2ccccc2OC)C(C)=O)cc1. The Kier molecular flexibility index (Phi) is 7.02. The van der Waals surface area contributed by atoms with Gasteiger partial charge in [0.25, 0.3) is 0 Å². The number of rotatable bonds is 8. The number of benzene rings is 2. The molecule has 0 fully saturated rings.